The van der Waals surface area contributed by atoms with Crippen molar-refractivity contribution < 1.29 is 19.1 Å². The second-order valence-corrected chi connectivity index (χ2v) is 5.20. The molecule has 2 atom stereocenters. The van der Waals surface area contributed by atoms with Gasteiger partial charge in [-0.25, -0.2) is 4.39 Å². The number of rotatable bonds is 4. The Bertz CT molecular complexity index is 486. The fourth-order valence-electron chi connectivity index (χ4n) is 1.79. The Labute approximate surface area is 111 Å². The molecule has 2 rings (SSSR count). The molecule has 0 radical (unpaired) electrons. The average molecular weight is 316 g/mol. The van der Waals surface area contributed by atoms with E-state index in [4.69, 9.17) is 5.11 Å². The molecule has 1 aliphatic rings. The minimum absolute atomic E-state index is 0.192. The lowest BCUT2D eigenvalue weighted by Crippen LogP contribution is -2.25. The van der Waals surface area contributed by atoms with Crippen LogP contribution in [0.1, 0.15) is 12.0 Å². The van der Waals surface area contributed by atoms with E-state index < -0.39 is 17.8 Å². The van der Waals surface area contributed by atoms with Crippen molar-refractivity contribution in [1.29, 1.82) is 0 Å². The zero-order chi connectivity index (χ0) is 13.3. The first-order valence-corrected chi connectivity index (χ1v) is 6.22. The van der Waals surface area contributed by atoms with E-state index in [1.54, 1.807) is 6.07 Å². The highest BCUT2D eigenvalue weighted by Gasteiger charge is 2.48. The number of carbonyl (C=O) groups excluding carboxylic acids is 1. The maximum atomic E-state index is 13.1. The topological polar surface area (TPSA) is 66.4 Å². The van der Waals surface area contributed by atoms with Crippen molar-refractivity contribution in [2.75, 3.05) is 0 Å². The van der Waals surface area contributed by atoms with Crippen LogP contribution in [-0.2, 0) is 16.1 Å². The Balaban J connectivity index is 1.88. The number of nitrogens with one attached hydrogen (secondary N) is 1. The summed E-state index contributed by atoms with van der Waals surface area (Å²) < 4.78 is 13.7. The zero-order valence-corrected chi connectivity index (χ0v) is 10.9. The van der Waals surface area contributed by atoms with E-state index in [9.17, 15) is 14.0 Å². The van der Waals surface area contributed by atoms with E-state index in [-0.39, 0.29) is 18.3 Å². The van der Waals surface area contributed by atoms with Gasteiger partial charge in [-0.1, -0.05) is 15.9 Å². The van der Waals surface area contributed by atoms with Gasteiger partial charge in [0, 0.05) is 11.0 Å². The van der Waals surface area contributed by atoms with Crippen molar-refractivity contribution in [3.05, 3.63) is 34.1 Å². The first-order chi connectivity index (χ1) is 8.47. The lowest BCUT2D eigenvalue weighted by molar-refractivity contribution is -0.140. The van der Waals surface area contributed by atoms with Crippen LogP contribution >= 0.6 is 15.9 Å². The van der Waals surface area contributed by atoms with Crippen molar-refractivity contribution in [2.45, 2.75) is 13.0 Å². The predicted molar refractivity (Wildman–Crippen MR) is 65.2 cm³/mol. The first kappa shape index (κ1) is 13.0. The zero-order valence-electron chi connectivity index (χ0n) is 9.32. The van der Waals surface area contributed by atoms with Gasteiger partial charge in [0.15, 0.2) is 0 Å². The molecule has 0 saturated heterocycles. The highest BCUT2D eigenvalue weighted by molar-refractivity contribution is 9.10. The van der Waals surface area contributed by atoms with E-state index in [1.807, 2.05) is 0 Å². The van der Waals surface area contributed by atoms with E-state index in [1.165, 1.54) is 12.1 Å². The SMILES string of the molecule is O=C(O)[C@H]1C[C@@H]1C(=O)NCc1cc(F)cc(Br)c1. The third kappa shape index (κ3) is 3.07. The van der Waals surface area contributed by atoms with E-state index in [2.05, 4.69) is 21.2 Å². The van der Waals surface area contributed by atoms with Gasteiger partial charge in [-0.3, -0.25) is 9.59 Å². The molecule has 0 unspecified atom stereocenters. The van der Waals surface area contributed by atoms with Gasteiger partial charge in [-0.2, -0.15) is 0 Å². The minimum Gasteiger partial charge on any atom is -0.481 e. The van der Waals surface area contributed by atoms with Gasteiger partial charge in [-0.05, 0) is 30.2 Å². The Morgan fingerprint density at radius 3 is 2.67 bits per heavy atom. The monoisotopic (exact) mass is 315 g/mol. The number of halogens is 2. The van der Waals surface area contributed by atoms with Crippen molar-refractivity contribution in [2.24, 2.45) is 11.8 Å². The van der Waals surface area contributed by atoms with E-state index in [0.29, 0.717) is 16.5 Å². The molecule has 0 spiro atoms. The Morgan fingerprint density at radius 2 is 2.11 bits per heavy atom. The first-order valence-electron chi connectivity index (χ1n) is 5.43. The third-order valence-electron chi connectivity index (χ3n) is 2.83. The number of carboxylic acid groups (broad SMARTS) is 1. The average Bonchev–Trinajstić information content (AvgIpc) is 3.04. The summed E-state index contributed by atoms with van der Waals surface area (Å²) in [5, 5.41) is 11.3. The standard InChI is InChI=1S/C12H11BrFNO3/c13-7-1-6(2-8(14)3-7)5-15-11(16)9-4-10(9)12(17)18/h1-3,9-10H,4-5H2,(H,15,16)(H,17,18)/t9-,10-/m0/s1. The van der Waals surface area contributed by atoms with Crippen LogP contribution in [-0.4, -0.2) is 17.0 Å². The Kier molecular flexibility index (Phi) is 3.65. The molecule has 18 heavy (non-hydrogen) atoms. The maximum Gasteiger partial charge on any atom is 0.307 e. The van der Waals surface area contributed by atoms with Crippen LogP contribution < -0.4 is 5.32 Å². The summed E-state index contributed by atoms with van der Waals surface area (Å²) in [6, 6.07) is 4.35. The lowest BCUT2D eigenvalue weighted by Gasteiger charge is -2.05. The molecule has 1 aromatic rings. The second-order valence-electron chi connectivity index (χ2n) is 4.28. The quantitative estimate of drug-likeness (QED) is 0.892. The van der Waals surface area contributed by atoms with Gasteiger partial charge in [-0.15, -0.1) is 0 Å². The van der Waals surface area contributed by atoms with Gasteiger partial charge in [0.2, 0.25) is 5.91 Å². The maximum absolute atomic E-state index is 13.1. The molecule has 4 nitrogen and oxygen atoms in total. The molecule has 1 amide bonds. The van der Waals surface area contributed by atoms with E-state index >= 15 is 0 Å². The van der Waals surface area contributed by atoms with Crippen LogP contribution in [0.25, 0.3) is 0 Å². The van der Waals surface area contributed by atoms with Crippen LogP contribution in [0.4, 0.5) is 4.39 Å². The van der Waals surface area contributed by atoms with Crippen LogP contribution in [0, 0.1) is 17.7 Å². The predicted octanol–water partition coefficient (Wildman–Crippen LogP) is 1.93. The van der Waals surface area contributed by atoms with Crippen molar-refractivity contribution in [3.63, 3.8) is 0 Å². The molecular weight excluding hydrogens is 305 g/mol. The van der Waals surface area contributed by atoms with Gasteiger partial charge in [0.1, 0.15) is 5.82 Å². The second kappa shape index (κ2) is 5.06. The lowest BCUT2D eigenvalue weighted by atomic mass is 10.2. The van der Waals surface area contributed by atoms with Crippen LogP contribution in [0.3, 0.4) is 0 Å². The Morgan fingerprint density at radius 1 is 1.39 bits per heavy atom. The number of hydrogen-bond donors (Lipinski definition) is 2. The van der Waals surface area contributed by atoms with Crippen molar-refractivity contribution in [1.82, 2.24) is 5.32 Å². The molecule has 2 N–H and O–H groups in total. The number of aliphatic carboxylic acids is 1. The third-order valence-corrected chi connectivity index (χ3v) is 3.29. The van der Waals surface area contributed by atoms with Crippen LogP contribution in [0.15, 0.2) is 22.7 Å². The van der Waals surface area contributed by atoms with Crippen LogP contribution in [0.2, 0.25) is 0 Å². The molecule has 1 aliphatic carbocycles. The molecule has 0 aromatic heterocycles. The number of amides is 1. The highest BCUT2D eigenvalue weighted by atomic mass is 79.9. The van der Waals surface area contributed by atoms with E-state index in [0.717, 1.165) is 0 Å². The summed E-state index contributed by atoms with van der Waals surface area (Å²) in [5.74, 6) is -2.63. The molecule has 0 bridgehead atoms. The summed E-state index contributed by atoms with van der Waals surface area (Å²) in [6.07, 6.45) is 0.383. The van der Waals surface area contributed by atoms with Gasteiger partial charge in [0.25, 0.3) is 0 Å². The minimum atomic E-state index is -0.941. The number of hydrogen-bond acceptors (Lipinski definition) is 2. The summed E-state index contributed by atoms with van der Waals surface area (Å²) in [5.41, 5.74) is 0.628. The molecule has 1 fully saturated rings. The number of carboxylic acids is 1. The van der Waals surface area contributed by atoms with Gasteiger partial charge < -0.3 is 10.4 Å². The van der Waals surface area contributed by atoms with Crippen LogP contribution in [0.5, 0.6) is 0 Å². The van der Waals surface area contributed by atoms with Crippen molar-refractivity contribution in [3.8, 4) is 0 Å². The summed E-state index contributed by atoms with van der Waals surface area (Å²) in [4.78, 5) is 22.2. The summed E-state index contributed by atoms with van der Waals surface area (Å²) >= 11 is 3.16. The highest BCUT2D eigenvalue weighted by Crippen LogP contribution is 2.38. The fraction of sp³-hybridized carbons (Fsp3) is 0.333. The molecule has 96 valence electrons. The summed E-state index contributed by atoms with van der Waals surface area (Å²) in [6.45, 7) is 0.192. The van der Waals surface area contributed by atoms with Crippen molar-refractivity contribution >= 4 is 27.8 Å². The smallest absolute Gasteiger partial charge is 0.307 e. The normalized spacial score (nSPS) is 21.4. The molecule has 0 aliphatic heterocycles. The molecular formula is C12H11BrFNO3. The summed E-state index contributed by atoms with van der Waals surface area (Å²) in [7, 11) is 0. The molecule has 1 saturated carbocycles. The molecule has 1 aromatic carbocycles. The number of carbonyl (C=O) groups is 2. The largest absolute Gasteiger partial charge is 0.481 e. The molecule has 6 heteroatoms. The molecule has 0 heterocycles. The Hall–Kier alpha value is -1.43. The number of benzene rings is 1. The van der Waals surface area contributed by atoms with Gasteiger partial charge >= 0.3 is 5.97 Å². The van der Waals surface area contributed by atoms with Gasteiger partial charge in [0.05, 0.1) is 11.8 Å². The fourth-order valence-corrected chi connectivity index (χ4v) is 2.30.